The molecular weight excluding hydrogens is 212 g/mol. The third kappa shape index (κ3) is 4.33. The predicted molar refractivity (Wildman–Crippen MR) is 74.3 cm³/mol. The Hall–Kier alpha value is -0.863. The summed E-state index contributed by atoms with van der Waals surface area (Å²) in [6.45, 7) is 12.5. The van der Waals surface area contributed by atoms with Crippen LogP contribution < -0.4 is 0 Å². The van der Waals surface area contributed by atoms with Gasteiger partial charge in [-0.1, -0.05) is 36.9 Å². The van der Waals surface area contributed by atoms with E-state index in [1.807, 2.05) is 6.08 Å². The maximum atomic E-state index is 6.03. The van der Waals surface area contributed by atoms with Gasteiger partial charge in [0.15, 0.2) is 9.04 Å². The molecule has 0 spiro atoms. The van der Waals surface area contributed by atoms with Crippen LogP contribution in [0.15, 0.2) is 30.8 Å². The van der Waals surface area contributed by atoms with Crippen LogP contribution in [0.3, 0.4) is 0 Å². The monoisotopic (exact) mass is 234 g/mol. The van der Waals surface area contributed by atoms with Crippen molar-refractivity contribution in [1.82, 2.24) is 0 Å². The van der Waals surface area contributed by atoms with Crippen LogP contribution in [0.4, 0.5) is 0 Å². The SMILES string of the molecule is C=Cc1cccc(CC(C)(C)O[SiH](C)C)c1. The lowest BCUT2D eigenvalue weighted by Gasteiger charge is -2.28. The van der Waals surface area contributed by atoms with E-state index in [9.17, 15) is 0 Å². The number of benzene rings is 1. The topological polar surface area (TPSA) is 9.23 Å². The quantitative estimate of drug-likeness (QED) is 0.707. The second kappa shape index (κ2) is 5.46. The molecule has 0 bridgehead atoms. The Balaban J connectivity index is 2.75. The van der Waals surface area contributed by atoms with E-state index >= 15 is 0 Å². The summed E-state index contributed by atoms with van der Waals surface area (Å²) < 4.78 is 6.03. The molecule has 0 aromatic heterocycles. The van der Waals surface area contributed by atoms with Crippen LogP contribution in [0, 0.1) is 0 Å². The Kier molecular flexibility index (Phi) is 4.51. The van der Waals surface area contributed by atoms with Crippen molar-refractivity contribution in [2.45, 2.75) is 39.0 Å². The molecule has 0 fully saturated rings. The van der Waals surface area contributed by atoms with Crippen LogP contribution in [0.2, 0.25) is 13.1 Å². The molecular formula is C14H22OSi. The number of hydrogen-bond donors (Lipinski definition) is 0. The highest BCUT2D eigenvalue weighted by Crippen LogP contribution is 2.19. The van der Waals surface area contributed by atoms with Gasteiger partial charge in [0.1, 0.15) is 0 Å². The summed E-state index contributed by atoms with van der Waals surface area (Å²) in [5.41, 5.74) is 2.44. The van der Waals surface area contributed by atoms with Crippen molar-refractivity contribution in [3.8, 4) is 0 Å². The first-order valence-corrected chi connectivity index (χ1v) is 8.60. The molecule has 0 atom stereocenters. The molecule has 1 rings (SSSR count). The lowest BCUT2D eigenvalue weighted by molar-refractivity contribution is 0.110. The van der Waals surface area contributed by atoms with Crippen LogP contribution in [-0.4, -0.2) is 14.6 Å². The van der Waals surface area contributed by atoms with Crippen LogP contribution >= 0.6 is 0 Å². The van der Waals surface area contributed by atoms with E-state index in [0.717, 1.165) is 6.42 Å². The lowest BCUT2D eigenvalue weighted by Crippen LogP contribution is -2.32. The Bertz CT molecular complexity index is 356. The van der Waals surface area contributed by atoms with Crippen LogP contribution in [0.5, 0.6) is 0 Å². The average molecular weight is 234 g/mol. The van der Waals surface area contributed by atoms with Gasteiger partial charge in [-0.05, 0) is 44.5 Å². The van der Waals surface area contributed by atoms with E-state index in [1.165, 1.54) is 11.1 Å². The molecule has 0 heterocycles. The van der Waals surface area contributed by atoms with Gasteiger partial charge in [0, 0.05) is 0 Å². The largest absolute Gasteiger partial charge is 0.415 e. The van der Waals surface area contributed by atoms with Gasteiger partial charge in [-0.2, -0.15) is 0 Å². The first kappa shape index (κ1) is 13.2. The molecule has 0 saturated heterocycles. The molecule has 0 radical (unpaired) electrons. The Labute approximate surface area is 101 Å². The van der Waals surface area contributed by atoms with Gasteiger partial charge in [0.25, 0.3) is 0 Å². The molecule has 0 N–H and O–H groups in total. The molecule has 1 aromatic carbocycles. The first-order chi connectivity index (χ1) is 7.43. The van der Waals surface area contributed by atoms with Crippen molar-refractivity contribution < 1.29 is 4.43 Å². The molecule has 0 aliphatic heterocycles. The van der Waals surface area contributed by atoms with E-state index in [-0.39, 0.29) is 5.60 Å². The third-order valence-electron chi connectivity index (χ3n) is 2.37. The molecule has 0 aliphatic carbocycles. The molecule has 0 aliphatic rings. The summed E-state index contributed by atoms with van der Waals surface area (Å²) in [7, 11) is -0.976. The summed E-state index contributed by atoms with van der Waals surface area (Å²) in [5, 5.41) is 0. The zero-order chi connectivity index (χ0) is 12.2. The van der Waals surface area contributed by atoms with E-state index < -0.39 is 9.04 Å². The average Bonchev–Trinajstić information content (AvgIpc) is 2.15. The number of rotatable bonds is 5. The fourth-order valence-corrected chi connectivity index (χ4v) is 3.36. The van der Waals surface area contributed by atoms with Gasteiger partial charge in [-0.25, -0.2) is 0 Å². The maximum absolute atomic E-state index is 6.03. The highest BCUT2D eigenvalue weighted by molar-refractivity contribution is 6.48. The number of hydrogen-bond acceptors (Lipinski definition) is 1. The van der Waals surface area contributed by atoms with Crippen molar-refractivity contribution >= 4 is 15.1 Å². The second-order valence-corrected chi connectivity index (χ2v) is 7.39. The zero-order valence-electron chi connectivity index (χ0n) is 10.8. The molecule has 88 valence electrons. The molecule has 16 heavy (non-hydrogen) atoms. The Morgan fingerprint density at radius 2 is 2.06 bits per heavy atom. The standard InChI is InChI=1S/C14H22OSi/c1-6-12-8-7-9-13(10-12)11-14(2,3)15-16(4)5/h6-10,16H,1,11H2,2-5H3. The van der Waals surface area contributed by atoms with Gasteiger partial charge in [0.2, 0.25) is 0 Å². The van der Waals surface area contributed by atoms with Gasteiger partial charge in [-0.15, -0.1) is 0 Å². The van der Waals surface area contributed by atoms with Crippen molar-refractivity contribution in [1.29, 1.82) is 0 Å². The maximum Gasteiger partial charge on any atom is 0.171 e. The van der Waals surface area contributed by atoms with Crippen LogP contribution in [0.25, 0.3) is 6.08 Å². The third-order valence-corrected chi connectivity index (χ3v) is 3.48. The fraction of sp³-hybridized carbons (Fsp3) is 0.429. The van der Waals surface area contributed by atoms with Crippen molar-refractivity contribution in [2.75, 3.05) is 0 Å². The molecule has 0 amide bonds. The van der Waals surface area contributed by atoms with Gasteiger partial charge >= 0.3 is 0 Å². The molecule has 0 unspecified atom stereocenters. The van der Waals surface area contributed by atoms with Gasteiger partial charge < -0.3 is 4.43 Å². The summed E-state index contributed by atoms with van der Waals surface area (Å²) in [5.74, 6) is 0. The minimum atomic E-state index is -0.976. The van der Waals surface area contributed by atoms with Gasteiger partial charge in [-0.3, -0.25) is 0 Å². The van der Waals surface area contributed by atoms with E-state index in [1.54, 1.807) is 0 Å². The molecule has 1 nitrogen and oxygen atoms in total. The minimum Gasteiger partial charge on any atom is -0.415 e. The van der Waals surface area contributed by atoms with Gasteiger partial charge in [0.05, 0.1) is 5.60 Å². The highest BCUT2D eigenvalue weighted by Gasteiger charge is 2.20. The lowest BCUT2D eigenvalue weighted by atomic mass is 9.97. The Morgan fingerprint density at radius 1 is 1.38 bits per heavy atom. The van der Waals surface area contributed by atoms with Crippen molar-refractivity contribution in [3.05, 3.63) is 42.0 Å². The molecule has 0 saturated carbocycles. The van der Waals surface area contributed by atoms with E-state index in [0.29, 0.717) is 0 Å². The predicted octanol–water partition coefficient (Wildman–Crippen LogP) is 3.65. The van der Waals surface area contributed by atoms with Crippen molar-refractivity contribution in [2.24, 2.45) is 0 Å². The van der Waals surface area contributed by atoms with Crippen molar-refractivity contribution in [3.63, 3.8) is 0 Å². The first-order valence-electron chi connectivity index (χ1n) is 5.82. The summed E-state index contributed by atoms with van der Waals surface area (Å²) in [6, 6.07) is 8.48. The minimum absolute atomic E-state index is 0.0554. The normalized spacial score (nSPS) is 11.8. The summed E-state index contributed by atoms with van der Waals surface area (Å²) in [6.07, 6.45) is 2.84. The van der Waals surface area contributed by atoms with E-state index in [2.05, 4.69) is 57.8 Å². The van der Waals surface area contributed by atoms with E-state index in [4.69, 9.17) is 4.43 Å². The molecule has 1 aromatic rings. The Morgan fingerprint density at radius 3 is 2.62 bits per heavy atom. The second-order valence-electron chi connectivity index (χ2n) is 5.05. The highest BCUT2D eigenvalue weighted by atomic mass is 28.3. The summed E-state index contributed by atoms with van der Waals surface area (Å²) in [4.78, 5) is 0. The smallest absolute Gasteiger partial charge is 0.171 e. The molecule has 2 heteroatoms. The zero-order valence-corrected chi connectivity index (χ0v) is 11.9. The summed E-state index contributed by atoms with van der Waals surface area (Å²) >= 11 is 0. The fourth-order valence-electron chi connectivity index (χ4n) is 2.00. The van der Waals surface area contributed by atoms with Crippen LogP contribution in [0.1, 0.15) is 25.0 Å². The van der Waals surface area contributed by atoms with Crippen LogP contribution in [-0.2, 0) is 10.8 Å².